The maximum atomic E-state index is 3.70. The Morgan fingerprint density at radius 3 is 2.26 bits per heavy atom. The molecule has 2 heteroatoms. The normalized spacial score (nSPS) is 16.3. The van der Waals surface area contributed by atoms with Crippen molar-refractivity contribution in [2.45, 2.75) is 58.7 Å². The number of likely N-dealkylation sites (N-methyl/N-ethyl adjacent to an activating group) is 1. The van der Waals surface area contributed by atoms with E-state index in [1.54, 1.807) is 0 Å². The number of hydrogen-bond donors (Lipinski definition) is 1. The Balaban J connectivity index is 2.84. The van der Waals surface area contributed by atoms with E-state index >= 15 is 0 Å². The summed E-state index contributed by atoms with van der Waals surface area (Å²) in [5.74, 6) is 0. The molecule has 0 aromatic heterocycles. The molecular formula is C17H30N2. The third-order valence-electron chi connectivity index (χ3n) is 4.18. The maximum absolute atomic E-state index is 3.70. The zero-order chi connectivity index (χ0) is 14.3. The minimum Gasteiger partial charge on any atom is -0.309 e. The lowest BCUT2D eigenvalue weighted by atomic mass is 9.98. The molecule has 0 heterocycles. The molecule has 3 atom stereocenters. The molecule has 0 spiro atoms. The highest BCUT2D eigenvalue weighted by atomic mass is 15.2. The molecule has 0 bridgehead atoms. The molecule has 0 saturated carbocycles. The molecule has 3 unspecified atom stereocenters. The molecule has 1 aromatic carbocycles. The minimum absolute atomic E-state index is 0.403. The first-order valence-corrected chi connectivity index (χ1v) is 7.62. The molecule has 19 heavy (non-hydrogen) atoms. The van der Waals surface area contributed by atoms with Crippen LogP contribution in [0.4, 0.5) is 0 Å². The van der Waals surface area contributed by atoms with Gasteiger partial charge in [0, 0.05) is 18.1 Å². The topological polar surface area (TPSA) is 15.3 Å². The van der Waals surface area contributed by atoms with Crippen molar-refractivity contribution in [3.63, 3.8) is 0 Å². The average Bonchev–Trinajstić information content (AvgIpc) is 2.46. The summed E-state index contributed by atoms with van der Waals surface area (Å²) in [6, 6.07) is 12.3. The largest absolute Gasteiger partial charge is 0.309 e. The Morgan fingerprint density at radius 2 is 1.74 bits per heavy atom. The summed E-state index contributed by atoms with van der Waals surface area (Å²) in [4.78, 5) is 2.49. The molecule has 0 saturated heterocycles. The Labute approximate surface area is 119 Å². The van der Waals surface area contributed by atoms with Crippen LogP contribution < -0.4 is 5.32 Å². The van der Waals surface area contributed by atoms with Crippen LogP contribution in [0.5, 0.6) is 0 Å². The van der Waals surface area contributed by atoms with Gasteiger partial charge in [-0.2, -0.15) is 0 Å². The summed E-state index contributed by atoms with van der Waals surface area (Å²) in [5, 5.41) is 3.70. The summed E-state index contributed by atoms with van der Waals surface area (Å²) in [6.07, 6.45) is 2.36. The highest BCUT2D eigenvalue weighted by molar-refractivity contribution is 5.20. The van der Waals surface area contributed by atoms with Gasteiger partial charge in [-0.15, -0.1) is 0 Å². The first-order chi connectivity index (χ1) is 9.11. The van der Waals surface area contributed by atoms with Crippen molar-refractivity contribution in [3.8, 4) is 0 Å². The van der Waals surface area contributed by atoms with Gasteiger partial charge in [0.1, 0.15) is 0 Å². The van der Waals surface area contributed by atoms with Crippen molar-refractivity contribution in [2.75, 3.05) is 13.6 Å². The highest BCUT2D eigenvalue weighted by Gasteiger charge is 2.24. The summed E-state index contributed by atoms with van der Waals surface area (Å²) >= 11 is 0. The smallest absolute Gasteiger partial charge is 0.0475 e. The average molecular weight is 262 g/mol. The zero-order valence-corrected chi connectivity index (χ0v) is 13.2. The molecule has 0 aliphatic carbocycles. The molecule has 0 radical (unpaired) electrons. The van der Waals surface area contributed by atoms with Crippen LogP contribution in [-0.4, -0.2) is 30.6 Å². The number of nitrogens with one attached hydrogen (secondary N) is 1. The zero-order valence-electron chi connectivity index (χ0n) is 13.2. The van der Waals surface area contributed by atoms with E-state index in [4.69, 9.17) is 0 Å². The van der Waals surface area contributed by atoms with Crippen LogP contribution >= 0.6 is 0 Å². The molecule has 1 aromatic rings. The van der Waals surface area contributed by atoms with E-state index in [0.29, 0.717) is 18.1 Å². The lowest BCUT2D eigenvalue weighted by Crippen LogP contribution is -2.44. The second-order valence-corrected chi connectivity index (χ2v) is 5.51. The van der Waals surface area contributed by atoms with Gasteiger partial charge in [-0.25, -0.2) is 0 Å². The molecule has 2 nitrogen and oxygen atoms in total. The first kappa shape index (κ1) is 16.2. The third-order valence-corrected chi connectivity index (χ3v) is 4.18. The quantitative estimate of drug-likeness (QED) is 0.765. The van der Waals surface area contributed by atoms with Crippen LogP contribution in [0.25, 0.3) is 0 Å². The summed E-state index contributed by atoms with van der Waals surface area (Å²) in [5.41, 5.74) is 1.39. The van der Waals surface area contributed by atoms with Crippen molar-refractivity contribution in [1.29, 1.82) is 0 Å². The first-order valence-electron chi connectivity index (χ1n) is 7.62. The van der Waals surface area contributed by atoms with Crippen molar-refractivity contribution >= 4 is 0 Å². The van der Waals surface area contributed by atoms with Gasteiger partial charge >= 0.3 is 0 Å². The van der Waals surface area contributed by atoms with E-state index in [9.17, 15) is 0 Å². The van der Waals surface area contributed by atoms with E-state index in [2.05, 4.69) is 75.3 Å². The number of nitrogens with zero attached hydrogens (tertiary/aromatic N) is 1. The Morgan fingerprint density at radius 1 is 1.11 bits per heavy atom. The number of rotatable bonds is 8. The Hall–Kier alpha value is -0.860. The second kappa shape index (κ2) is 8.34. The van der Waals surface area contributed by atoms with Gasteiger partial charge in [0.25, 0.3) is 0 Å². The van der Waals surface area contributed by atoms with Gasteiger partial charge < -0.3 is 5.32 Å². The molecule has 108 valence electrons. The van der Waals surface area contributed by atoms with E-state index in [0.717, 1.165) is 6.54 Å². The molecular weight excluding hydrogens is 232 g/mol. The predicted octanol–water partition coefficient (Wildman–Crippen LogP) is 3.85. The van der Waals surface area contributed by atoms with Crippen LogP contribution in [0.2, 0.25) is 0 Å². The highest BCUT2D eigenvalue weighted by Crippen LogP contribution is 2.22. The fraction of sp³-hybridized carbons (Fsp3) is 0.647. The summed E-state index contributed by atoms with van der Waals surface area (Å²) in [7, 11) is 2.24. The maximum Gasteiger partial charge on any atom is 0.0475 e. The molecule has 0 fully saturated rings. The van der Waals surface area contributed by atoms with E-state index < -0.39 is 0 Å². The fourth-order valence-corrected chi connectivity index (χ4v) is 2.45. The van der Waals surface area contributed by atoms with Crippen LogP contribution in [0, 0.1) is 0 Å². The van der Waals surface area contributed by atoms with Gasteiger partial charge in [0.2, 0.25) is 0 Å². The van der Waals surface area contributed by atoms with Crippen LogP contribution in [0.15, 0.2) is 30.3 Å². The lowest BCUT2D eigenvalue weighted by molar-refractivity contribution is 0.155. The van der Waals surface area contributed by atoms with Gasteiger partial charge in [-0.05, 0) is 45.8 Å². The van der Waals surface area contributed by atoms with Crippen molar-refractivity contribution < 1.29 is 0 Å². The molecule has 1 N–H and O–H groups in total. The molecule has 0 amide bonds. The van der Waals surface area contributed by atoms with Crippen LogP contribution in [0.3, 0.4) is 0 Å². The fourth-order valence-electron chi connectivity index (χ4n) is 2.45. The summed E-state index contributed by atoms with van der Waals surface area (Å²) in [6.45, 7) is 10.2. The molecule has 1 rings (SSSR count). The van der Waals surface area contributed by atoms with E-state index in [1.807, 2.05) is 0 Å². The van der Waals surface area contributed by atoms with Crippen molar-refractivity contribution in [1.82, 2.24) is 10.2 Å². The lowest BCUT2D eigenvalue weighted by Gasteiger charge is -2.36. The van der Waals surface area contributed by atoms with Gasteiger partial charge in [0.15, 0.2) is 0 Å². The molecule has 0 aliphatic heterocycles. The van der Waals surface area contributed by atoms with Gasteiger partial charge in [0.05, 0.1) is 0 Å². The van der Waals surface area contributed by atoms with E-state index in [-0.39, 0.29) is 0 Å². The minimum atomic E-state index is 0.403. The third kappa shape index (κ3) is 4.63. The standard InChI is InChI=1S/C17H30N2/c1-6-13-18-17(16-11-9-8-10-12-16)15(4)19(5)14(3)7-2/h8-12,14-15,17-18H,6-7,13H2,1-5H3. The van der Waals surface area contributed by atoms with E-state index in [1.165, 1.54) is 18.4 Å². The van der Waals surface area contributed by atoms with Crippen LogP contribution in [0.1, 0.15) is 52.1 Å². The molecule has 0 aliphatic rings. The van der Waals surface area contributed by atoms with Gasteiger partial charge in [-0.3, -0.25) is 4.90 Å². The van der Waals surface area contributed by atoms with Gasteiger partial charge in [-0.1, -0.05) is 44.2 Å². The number of benzene rings is 1. The second-order valence-electron chi connectivity index (χ2n) is 5.51. The van der Waals surface area contributed by atoms with Crippen molar-refractivity contribution in [2.24, 2.45) is 0 Å². The van der Waals surface area contributed by atoms with Crippen molar-refractivity contribution in [3.05, 3.63) is 35.9 Å². The number of hydrogen-bond acceptors (Lipinski definition) is 2. The monoisotopic (exact) mass is 262 g/mol. The Kier molecular flexibility index (Phi) is 7.11. The summed E-state index contributed by atoms with van der Waals surface area (Å²) < 4.78 is 0. The predicted molar refractivity (Wildman–Crippen MR) is 84.5 cm³/mol. The van der Waals surface area contributed by atoms with Crippen LogP contribution in [-0.2, 0) is 0 Å². The Bertz CT molecular complexity index is 336. The SMILES string of the molecule is CCCNC(c1ccccc1)C(C)N(C)C(C)CC.